The highest BCUT2D eigenvalue weighted by molar-refractivity contribution is 8.01. The van der Waals surface area contributed by atoms with Crippen LogP contribution in [0.15, 0.2) is 22.6 Å². The van der Waals surface area contributed by atoms with Crippen molar-refractivity contribution in [2.24, 2.45) is 0 Å². The second-order valence-electron chi connectivity index (χ2n) is 1.90. The third kappa shape index (κ3) is 2.95. The summed E-state index contributed by atoms with van der Waals surface area (Å²) in [5.41, 5.74) is 5.46. The van der Waals surface area contributed by atoms with Crippen molar-refractivity contribution >= 4 is 28.2 Å². The van der Waals surface area contributed by atoms with Crippen LogP contribution in [0.5, 0.6) is 0 Å². The van der Waals surface area contributed by atoms with Gasteiger partial charge in [-0.3, -0.25) is 0 Å². The molecule has 1 heterocycles. The Hall–Kier alpha value is -0.480. The van der Waals surface area contributed by atoms with Crippen LogP contribution < -0.4 is 5.73 Å². The molecular formula is C7H10N2S2. The number of nitrogens with two attached hydrogens (primary N) is 1. The van der Waals surface area contributed by atoms with Gasteiger partial charge in [-0.05, 0) is 6.92 Å². The smallest absolute Gasteiger partial charge is 0.181 e. The molecular weight excluding hydrogens is 176 g/mol. The molecule has 0 aromatic carbocycles. The number of nitrogens with zero attached hydrogens (tertiary/aromatic N) is 1. The Balaban J connectivity index is 2.38. The molecule has 1 rings (SSSR count). The molecule has 0 spiro atoms. The molecule has 0 bridgehead atoms. The van der Waals surface area contributed by atoms with E-state index in [1.165, 1.54) is 15.5 Å². The van der Waals surface area contributed by atoms with Gasteiger partial charge >= 0.3 is 0 Å². The van der Waals surface area contributed by atoms with Gasteiger partial charge in [0.05, 0.1) is 10.4 Å². The molecule has 0 aliphatic heterocycles. The van der Waals surface area contributed by atoms with Gasteiger partial charge in [-0.2, -0.15) is 0 Å². The van der Waals surface area contributed by atoms with Crippen LogP contribution in [0, 0.1) is 0 Å². The van der Waals surface area contributed by atoms with Crippen molar-refractivity contribution in [2.45, 2.75) is 11.1 Å². The third-order valence-corrected chi connectivity index (χ3v) is 3.03. The van der Waals surface area contributed by atoms with Crippen LogP contribution in [0.25, 0.3) is 0 Å². The molecule has 60 valence electrons. The van der Waals surface area contributed by atoms with Gasteiger partial charge in [0.1, 0.15) is 0 Å². The number of nitrogen functional groups attached to an aromatic ring is 1. The first-order valence-electron chi connectivity index (χ1n) is 3.28. The second-order valence-corrected chi connectivity index (χ2v) is 4.28. The van der Waals surface area contributed by atoms with Crippen LogP contribution >= 0.6 is 23.1 Å². The summed E-state index contributed by atoms with van der Waals surface area (Å²) in [6.07, 6.45) is 5.96. The third-order valence-electron chi connectivity index (χ3n) is 1.06. The molecule has 0 aliphatic rings. The van der Waals surface area contributed by atoms with E-state index < -0.39 is 0 Å². The average Bonchev–Trinajstić information content (AvgIpc) is 2.37. The highest BCUT2D eigenvalue weighted by atomic mass is 32.2. The maximum Gasteiger partial charge on any atom is 0.181 e. The molecule has 0 saturated heterocycles. The lowest BCUT2D eigenvalue weighted by atomic mass is 10.6. The summed E-state index contributed by atoms with van der Waals surface area (Å²) in [6.45, 7) is 2.02. The SMILES string of the molecule is C/C=C/CSc1cnc(N)s1. The topological polar surface area (TPSA) is 38.9 Å². The van der Waals surface area contributed by atoms with Crippen LogP contribution in [0.3, 0.4) is 0 Å². The Morgan fingerprint density at radius 1 is 1.82 bits per heavy atom. The van der Waals surface area contributed by atoms with Gasteiger partial charge < -0.3 is 5.73 Å². The quantitative estimate of drug-likeness (QED) is 0.582. The van der Waals surface area contributed by atoms with E-state index in [1.54, 1.807) is 11.8 Å². The van der Waals surface area contributed by atoms with E-state index in [2.05, 4.69) is 11.1 Å². The number of hydrogen-bond donors (Lipinski definition) is 1. The van der Waals surface area contributed by atoms with Gasteiger partial charge in [0.15, 0.2) is 5.13 Å². The lowest BCUT2D eigenvalue weighted by Gasteiger charge is -1.87. The van der Waals surface area contributed by atoms with E-state index in [0.29, 0.717) is 5.13 Å². The number of thioether (sulfide) groups is 1. The molecule has 0 radical (unpaired) electrons. The van der Waals surface area contributed by atoms with Crippen LogP contribution in [-0.2, 0) is 0 Å². The minimum absolute atomic E-state index is 0.646. The maximum atomic E-state index is 5.46. The second kappa shape index (κ2) is 4.41. The number of thiazole rings is 1. The van der Waals surface area contributed by atoms with Gasteiger partial charge in [-0.25, -0.2) is 4.98 Å². The van der Waals surface area contributed by atoms with Crippen molar-refractivity contribution in [1.29, 1.82) is 0 Å². The number of aromatic nitrogens is 1. The number of hydrogen-bond acceptors (Lipinski definition) is 4. The van der Waals surface area contributed by atoms with E-state index in [4.69, 9.17) is 5.73 Å². The number of allylic oxidation sites excluding steroid dienone is 1. The van der Waals surface area contributed by atoms with Crippen molar-refractivity contribution in [3.05, 3.63) is 18.3 Å². The molecule has 0 aliphatic carbocycles. The molecule has 0 amide bonds. The zero-order chi connectivity index (χ0) is 8.10. The van der Waals surface area contributed by atoms with Crippen LogP contribution in [0.2, 0.25) is 0 Å². The van der Waals surface area contributed by atoms with E-state index in [-0.39, 0.29) is 0 Å². The first-order chi connectivity index (χ1) is 5.33. The summed E-state index contributed by atoms with van der Waals surface area (Å²) in [4.78, 5) is 3.95. The van der Waals surface area contributed by atoms with E-state index in [1.807, 2.05) is 19.2 Å². The van der Waals surface area contributed by atoms with Gasteiger partial charge in [-0.15, -0.1) is 11.8 Å². The van der Waals surface area contributed by atoms with Gasteiger partial charge in [0.25, 0.3) is 0 Å². The van der Waals surface area contributed by atoms with Crippen LogP contribution in [0.4, 0.5) is 5.13 Å². The average molecular weight is 186 g/mol. The zero-order valence-electron chi connectivity index (χ0n) is 6.28. The lowest BCUT2D eigenvalue weighted by molar-refractivity contribution is 1.38. The van der Waals surface area contributed by atoms with Crippen molar-refractivity contribution in [3.8, 4) is 0 Å². The Morgan fingerprint density at radius 2 is 2.64 bits per heavy atom. The van der Waals surface area contributed by atoms with Crippen LogP contribution in [0.1, 0.15) is 6.92 Å². The molecule has 2 N–H and O–H groups in total. The standard InChI is InChI=1S/C7H10N2S2/c1-2-3-4-10-6-5-9-7(8)11-6/h2-3,5H,4H2,1H3,(H2,8,9)/b3-2+. The summed E-state index contributed by atoms with van der Waals surface area (Å²) in [5.74, 6) is 0.998. The van der Waals surface area contributed by atoms with Crippen molar-refractivity contribution in [2.75, 3.05) is 11.5 Å². The molecule has 11 heavy (non-hydrogen) atoms. The summed E-state index contributed by atoms with van der Waals surface area (Å²) < 4.78 is 1.18. The molecule has 2 nitrogen and oxygen atoms in total. The first kappa shape index (κ1) is 8.62. The molecule has 0 saturated carbocycles. The van der Waals surface area contributed by atoms with Crippen LogP contribution in [-0.4, -0.2) is 10.7 Å². The Morgan fingerprint density at radius 3 is 3.18 bits per heavy atom. The van der Waals surface area contributed by atoms with E-state index >= 15 is 0 Å². The number of rotatable bonds is 3. The minimum atomic E-state index is 0.646. The normalized spacial score (nSPS) is 11.0. The zero-order valence-corrected chi connectivity index (χ0v) is 7.91. The Labute approximate surface area is 74.5 Å². The van der Waals surface area contributed by atoms with Crippen molar-refractivity contribution in [3.63, 3.8) is 0 Å². The molecule has 4 heteroatoms. The fraction of sp³-hybridized carbons (Fsp3) is 0.286. The molecule has 0 unspecified atom stereocenters. The summed E-state index contributed by atoms with van der Waals surface area (Å²) in [6, 6.07) is 0. The fourth-order valence-corrected chi connectivity index (χ4v) is 2.26. The molecule has 0 fully saturated rings. The van der Waals surface area contributed by atoms with E-state index in [0.717, 1.165) is 5.75 Å². The Kier molecular flexibility index (Phi) is 3.45. The van der Waals surface area contributed by atoms with Gasteiger partial charge in [0.2, 0.25) is 0 Å². The highest BCUT2D eigenvalue weighted by Gasteiger charge is 1.96. The molecule has 0 atom stereocenters. The van der Waals surface area contributed by atoms with Crippen molar-refractivity contribution in [1.82, 2.24) is 4.98 Å². The fourth-order valence-electron chi connectivity index (χ4n) is 0.565. The van der Waals surface area contributed by atoms with Crippen molar-refractivity contribution < 1.29 is 0 Å². The van der Waals surface area contributed by atoms with Gasteiger partial charge in [0, 0.05) is 5.75 Å². The largest absolute Gasteiger partial charge is 0.375 e. The monoisotopic (exact) mass is 186 g/mol. The Bertz CT molecular complexity index is 242. The molecule has 1 aromatic rings. The summed E-state index contributed by atoms with van der Waals surface area (Å²) >= 11 is 3.29. The summed E-state index contributed by atoms with van der Waals surface area (Å²) in [7, 11) is 0. The highest BCUT2D eigenvalue weighted by Crippen LogP contribution is 2.25. The summed E-state index contributed by atoms with van der Waals surface area (Å²) in [5, 5.41) is 0.646. The predicted octanol–water partition coefficient (Wildman–Crippen LogP) is 2.39. The predicted molar refractivity (Wildman–Crippen MR) is 52.1 cm³/mol. The maximum absolute atomic E-state index is 5.46. The number of anilines is 1. The lowest BCUT2D eigenvalue weighted by Crippen LogP contribution is -1.77. The minimum Gasteiger partial charge on any atom is -0.375 e. The van der Waals surface area contributed by atoms with E-state index in [9.17, 15) is 0 Å². The first-order valence-corrected chi connectivity index (χ1v) is 5.08. The van der Waals surface area contributed by atoms with Gasteiger partial charge in [-0.1, -0.05) is 23.5 Å². The molecule has 1 aromatic heterocycles.